The topological polar surface area (TPSA) is 67.1 Å². The van der Waals surface area contributed by atoms with Crippen molar-refractivity contribution in [3.05, 3.63) is 11.6 Å². The molecule has 0 saturated heterocycles. The zero-order valence-corrected chi connectivity index (χ0v) is 19.0. The number of nitrogens with zero attached hydrogens (tertiary/aromatic N) is 4. The van der Waals surface area contributed by atoms with Crippen LogP contribution in [0.4, 0.5) is 0 Å². The summed E-state index contributed by atoms with van der Waals surface area (Å²) in [5.41, 5.74) is 0. The molecule has 7 heteroatoms. The molecule has 148 valence electrons. The van der Waals surface area contributed by atoms with Crippen molar-refractivity contribution in [2.45, 2.75) is 72.4 Å². The third-order valence-corrected chi connectivity index (χ3v) is 5.60. The number of aryl methyl sites for hydroxylation is 2. The molecule has 2 aliphatic rings. The number of guanidine groups is 1. The summed E-state index contributed by atoms with van der Waals surface area (Å²) in [6.07, 6.45) is 6.03. The van der Waals surface area contributed by atoms with Crippen LogP contribution in [0.1, 0.15) is 58.1 Å². The minimum atomic E-state index is 0. The first-order valence-electron chi connectivity index (χ1n) is 9.98. The summed E-state index contributed by atoms with van der Waals surface area (Å²) in [5, 5.41) is 15.6. The van der Waals surface area contributed by atoms with Crippen LogP contribution in [-0.4, -0.2) is 39.9 Å². The first kappa shape index (κ1) is 21.4. The Morgan fingerprint density at radius 1 is 1.19 bits per heavy atom. The smallest absolute Gasteiger partial charge is 0.191 e. The van der Waals surface area contributed by atoms with E-state index >= 15 is 0 Å². The van der Waals surface area contributed by atoms with Gasteiger partial charge in [0.25, 0.3) is 0 Å². The number of halogens is 1. The van der Waals surface area contributed by atoms with Crippen molar-refractivity contribution in [3.63, 3.8) is 0 Å². The van der Waals surface area contributed by atoms with Gasteiger partial charge in [0, 0.05) is 32.1 Å². The maximum Gasteiger partial charge on any atom is 0.191 e. The van der Waals surface area contributed by atoms with Gasteiger partial charge in [0.2, 0.25) is 0 Å². The lowest BCUT2D eigenvalue weighted by Gasteiger charge is -2.33. The first-order chi connectivity index (χ1) is 12.0. The summed E-state index contributed by atoms with van der Waals surface area (Å²) in [7, 11) is 0. The van der Waals surface area contributed by atoms with Crippen LogP contribution in [0.15, 0.2) is 4.99 Å². The molecule has 2 N–H and O–H groups in total. The van der Waals surface area contributed by atoms with Crippen LogP contribution in [-0.2, 0) is 13.0 Å². The number of rotatable bonds is 4. The summed E-state index contributed by atoms with van der Waals surface area (Å²) in [6.45, 7) is 11.7. The minimum Gasteiger partial charge on any atom is -0.357 e. The van der Waals surface area contributed by atoms with E-state index in [1.165, 1.54) is 19.3 Å². The molecule has 3 rings (SSSR count). The SMILES string of the molecule is CCNC(=NCC1CCc2nnc(C)n2C1)NC1CC(C)CC(C)C1.I. The molecular formula is C19H35IN6. The van der Waals surface area contributed by atoms with Gasteiger partial charge < -0.3 is 15.2 Å². The lowest BCUT2D eigenvalue weighted by atomic mass is 9.80. The van der Waals surface area contributed by atoms with E-state index in [4.69, 9.17) is 4.99 Å². The summed E-state index contributed by atoms with van der Waals surface area (Å²) in [5.74, 6) is 5.32. The van der Waals surface area contributed by atoms with E-state index in [1.54, 1.807) is 0 Å². The maximum absolute atomic E-state index is 4.91. The third kappa shape index (κ3) is 5.57. The Labute approximate surface area is 175 Å². The number of hydrogen-bond acceptors (Lipinski definition) is 3. The number of hydrogen-bond donors (Lipinski definition) is 2. The van der Waals surface area contributed by atoms with E-state index in [0.717, 1.165) is 61.9 Å². The molecule has 3 atom stereocenters. The standard InChI is InChI=1S/C19H34N6.HI/c1-5-20-19(22-17-9-13(2)8-14(3)10-17)21-11-16-6-7-18-24-23-15(4)25(18)12-16;/h13-14,16-17H,5-12H2,1-4H3,(H2,20,21,22);1H. The number of aromatic nitrogens is 3. The van der Waals surface area contributed by atoms with Crippen LogP contribution in [0.5, 0.6) is 0 Å². The van der Waals surface area contributed by atoms with Gasteiger partial charge in [0.05, 0.1) is 0 Å². The average Bonchev–Trinajstić information content (AvgIpc) is 2.93. The zero-order valence-electron chi connectivity index (χ0n) is 16.7. The Morgan fingerprint density at radius 2 is 1.92 bits per heavy atom. The van der Waals surface area contributed by atoms with E-state index in [1.807, 2.05) is 6.92 Å². The fraction of sp³-hybridized carbons (Fsp3) is 0.842. The van der Waals surface area contributed by atoms with Crippen LogP contribution >= 0.6 is 24.0 Å². The highest BCUT2D eigenvalue weighted by molar-refractivity contribution is 14.0. The molecule has 3 unspecified atom stereocenters. The van der Waals surface area contributed by atoms with Crippen molar-refractivity contribution < 1.29 is 0 Å². The lowest BCUT2D eigenvalue weighted by molar-refractivity contribution is 0.255. The highest BCUT2D eigenvalue weighted by Gasteiger charge is 2.25. The highest BCUT2D eigenvalue weighted by Crippen LogP contribution is 2.28. The summed E-state index contributed by atoms with van der Waals surface area (Å²) in [4.78, 5) is 4.91. The summed E-state index contributed by atoms with van der Waals surface area (Å²) >= 11 is 0. The molecule has 1 aliphatic carbocycles. The largest absolute Gasteiger partial charge is 0.357 e. The van der Waals surface area contributed by atoms with Gasteiger partial charge >= 0.3 is 0 Å². The van der Waals surface area contributed by atoms with E-state index in [2.05, 4.69) is 46.2 Å². The van der Waals surface area contributed by atoms with Crippen molar-refractivity contribution in [2.24, 2.45) is 22.7 Å². The number of nitrogens with one attached hydrogen (secondary N) is 2. The molecule has 6 nitrogen and oxygen atoms in total. The van der Waals surface area contributed by atoms with Crippen LogP contribution in [0.3, 0.4) is 0 Å². The molecule has 26 heavy (non-hydrogen) atoms. The molecule has 1 fully saturated rings. The van der Waals surface area contributed by atoms with E-state index in [0.29, 0.717) is 12.0 Å². The van der Waals surface area contributed by atoms with Gasteiger partial charge in [0.15, 0.2) is 5.96 Å². The van der Waals surface area contributed by atoms with E-state index in [9.17, 15) is 0 Å². The Kier molecular flexibility index (Phi) is 8.16. The van der Waals surface area contributed by atoms with Crippen LogP contribution in [0.25, 0.3) is 0 Å². The van der Waals surface area contributed by atoms with Gasteiger partial charge in [-0.05, 0) is 57.3 Å². The van der Waals surface area contributed by atoms with Crippen molar-refractivity contribution in [3.8, 4) is 0 Å². The lowest BCUT2D eigenvalue weighted by Crippen LogP contribution is -2.46. The number of fused-ring (bicyclic) bond motifs is 1. The van der Waals surface area contributed by atoms with Gasteiger partial charge in [-0.1, -0.05) is 13.8 Å². The maximum atomic E-state index is 4.91. The summed E-state index contributed by atoms with van der Waals surface area (Å²) in [6, 6.07) is 0.551. The van der Waals surface area contributed by atoms with E-state index in [-0.39, 0.29) is 24.0 Å². The molecule has 0 bridgehead atoms. The second-order valence-corrected chi connectivity index (χ2v) is 8.16. The molecule has 0 spiro atoms. The van der Waals surface area contributed by atoms with Crippen molar-refractivity contribution in [1.29, 1.82) is 0 Å². The molecule has 0 radical (unpaired) electrons. The normalized spacial score (nSPS) is 28.8. The first-order valence-corrected chi connectivity index (χ1v) is 9.98. The van der Waals surface area contributed by atoms with Crippen LogP contribution in [0.2, 0.25) is 0 Å². The molecule has 1 aliphatic heterocycles. The molecule has 0 aromatic carbocycles. The van der Waals surface area contributed by atoms with Gasteiger partial charge in [-0.2, -0.15) is 0 Å². The van der Waals surface area contributed by atoms with Crippen molar-refractivity contribution in [2.75, 3.05) is 13.1 Å². The van der Waals surface area contributed by atoms with Crippen LogP contribution < -0.4 is 10.6 Å². The zero-order chi connectivity index (χ0) is 17.8. The van der Waals surface area contributed by atoms with Gasteiger partial charge in [-0.25, -0.2) is 0 Å². The Bertz CT molecular complexity index is 589. The average molecular weight is 474 g/mol. The van der Waals surface area contributed by atoms with Gasteiger partial charge in [-0.3, -0.25) is 4.99 Å². The second kappa shape index (κ2) is 9.90. The highest BCUT2D eigenvalue weighted by atomic mass is 127. The molecule has 0 amide bonds. The Hall–Kier alpha value is -0.860. The monoisotopic (exact) mass is 474 g/mol. The predicted octanol–water partition coefficient (Wildman–Crippen LogP) is 3.15. The number of aliphatic imine (C=N–C) groups is 1. The second-order valence-electron chi connectivity index (χ2n) is 8.16. The van der Waals surface area contributed by atoms with Crippen molar-refractivity contribution in [1.82, 2.24) is 25.4 Å². The quantitative estimate of drug-likeness (QED) is 0.400. The Balaban J connectivity index is 0.00000243. The minimum absolute atomic E-state index is 0. The fourth-order valence-electron chi connectivity index (χ4n) is 4.48. The summed E-state index contributed by atoms with van der Waals surface area (Å²) < 4.78 is 2.26. The third-order valence-electron chi connectivity index (χ3n) is 5.60. The molecular weight excluding hydrogens is 439 g/mol. The predicted molar refractivity (Wildman–Crippen MR) is 117 cm³/mol. The molecule has 1 aromatic heterocycles. The fourth-order valence-corrected chi connectivity index (χ4v) is 4.48. The van der Waals surface area contributed by atoms with Crippen LogP contribution in [0, 0.1) is 24.7 Å². The molecule has 2 heterocycles. The molecule has 1 saturated carbocycles. The Morgan fingerprint density at radius 3 is 2.62 bits per heavy atom. The van der Waals surface area contributed by atoms with Gasteiger partial charge in [-0.15, -0.1) is 34.2 Å². The molecule has 1 aromatic rings. The van der Waals surface area contributed by atoms with Gasteiger partial charge in [0.1, 0.15) is 11.6 Å². The van der Waals surface area contributed by atoms with Crippen molar-refractivity contribution >= 4 is 29.9 Å². The van der Waals surface area contributed by atoms with E-state index < -0.39 is 0 Å².